The van der Waals surface area contributed by atoms with E-state index in [4.69, 9.17) is 23.2 Å². The van der Waals surface area contributed by atoms with E-state index < -0.39 is 0 Å². The summed E-state index contributed by atoms with van der Waals surface area (Å²) < 4.78 is 1.50. The van der Waals surface area contributed by atoms with Gasteiger partial charge in [-0.3, -0.25) is 9.48 Å². The highest BCUT2D eigenvalue weighted by Crippen LogP contribution is 2.49. The molecule has 1 heterocycles. The number of carbonyl (C=O) groups excluding carboxylic acids is 1. The van der Waals surface area contributed by atoms with Crippen molar-refractivity contribution in [3.63, 3.8) is 0 Å². The second kappa shape index (κ2) is 5.66. The molecule has 1 aliphatic carbocycles. The molecule has 3 rings (SSSR count). The predicted octanol–water partition coefficient (Wildman–Crippen LogP) is 2.66. The van der Waals surface area contributed by atoms with Crippen LogP contribution in [0.3, 0.4) is 0 Å². The minimum Gasteiger partial charge on any atom is -0.350 e. The van der Waals surface area contributed by atoms with Crippen LogP contribution in [0.4, 0.5) is 0 Å². The van der Waals surface area contributed by atoms with E-state index >= 15 is 0 Å². The average molecular weight is 325 g/mol. The van der Waals surface area contributed by atoms with Crippen molar-refractivity contribution in [2.45, 2.75) is 12.3 Å². The van der Waals surface area contributed by atoms with Gasteiger partial charge in [0.2, 0.25) is 0 Å². The number of nitrogens with one attached hydrogen (secondary N) is 1. The number of hydrogen-bond acceptors (Lipinski definition) is 3. The monoisotopic (exact) mass is 324 g/mol. The van der Waals surface area contributed by atoms with Gasteiger partial charge in [-0.1, -0.05) is 34.5 Å². The first kappa shape index (κ1) is 14.4. The Morgan fingerprint density at radius 3 is 2.95 bits per heavy atom. The number of nitrogens with zero attached hydrogens (tertiary/aromatic N) is 3. The maximum absolute atomic E-state index is 11.9. The lowest BCUT2D eigenvalue weighted by molar-refractivity contribution is 0.0946. The molecule has 7 heteroatoms. The standard InChI is InChI=1S/C14H14Cl2N4O/c1-20-7-13(18-19-20)14(21)17-6-8-4-11(8)10-3-2-9(15)5-12(10)16/h2-3,5,7-8,11H,4,6H2,1H3,(H,17,21)/t8-,11+/m0/s1. The van der Waals surface area contributed by atoms with E-state index in [0.717, 1.165) is 12.0 Å². The Morgan fingerprint density at radius 1 is 1.48 bits per heavy atom. The van der Waals surface area contributed by atoms with Crippen molar-refractivity contribution in [3.8, 4) is 0 Å². The van der Waals surface area contributed by atoms with Gasteiger partial charge in [0.05, 0.1) is 6.20 Å². The van der Waals surface area contributed by atoms with Crippen LogP contribution in [0, 0.1) is 5.92 Å². The summed E-state index contributed by atoms with van der Waals surface area (Å²) in [7, 11) is 1.73. The van der Waals surface area contributed by atoms with Gasteiger partial charge >= 0.3 is 0 Å². The summed E-state index contributed by atoms with van der Waals surface area (Å²) in [4.78, 5) is 11.9. The lowest BCUT2D eigenvalue weighted by Gasteiger charge is -2.05. The Hall–Kier alpha value is -1.59. The number of aromatic nitrogens is 3. The van der Waals surface area contributed by atoms with Crippen molar-refractivity contribution in [3.05, 3.63) is 45.7 Å². The molecule has 0 radical (unpaired) electrons. The highest BCUT2D eigenvalue weighted by Gasteiger charge is 2.39. The SMILES string of the molecule is Cn1cc(C(=O)NC[C@@H]2C[C@H]2c2ccc(Cl)cc2Cl)nn1. The highest BCUT2D eigenvalue weighted by molar-refractivity contribution is 6.35. The van der Waals surface area contributed by atoms with Crippen LogP contribution >= 0.6 is 23.2 Å². The van der Waals surface area contributed by atoms with E-state index in [1.807, 2.05) is 12.1 Å². The van der Waals surface area contributed by atoms with Crippen LogP contribution in [0.25, 0.3) is 0 Å². The molecular weight excluding hydrogens is 311 g/mol. The maximum atomic E-state index is 11.9. The van der Waals surface area contributed by atoms with Crippen LogP contribution in [-0.2, 0) is 7.05 Å². The molecule has 2 aromatic rings. The molecule has 0 spiro atoms. The normalized spacial score (nSPS) is 20.3. The summed E-state index contributed by atoms with van der Waals surface area (Å²) in [6.45, 7) is 0.610. The minimum absolute atomic E-state index is 0.198. The number of aryl methyl sites for hydroxylation is 1. The predicted molar refractivity (Wildman–Crippen MR) is 80.6 cm³/mol. The van der Waals surface area contributed by atoms with Gasteiger partial charge in [-0.25, -0.2) is 0 Å². The van der Waals surface area contributed by atoms with Crippen molar-refractivity contribution in [1.82, 2.24) is 20.3 Å². The maximum Gasteiger partial charge on any atom is 0.273 e. The first-order chi connectivity index (χ1) is 10.0. The number of carbonyl (C=O) groups is 1. The van der Waals surface area contributed by atoms with Crippen molar-refractivity contribution in [1.29, 1.82) is 0 Å². The molecule has 21 heavy (non-hydrogen) atoms. The smallest absolute Gasteiger partial charge is 0.273 e. The fraction of sp³-hybridized carbons (Fsp3) is 0.357. The van der Waals surface area contributed by atoms with Crippen molar-refractivity contribution in [2.24, 2.45) is 13.0 Å². The topological polar surface area (TPSA) is 59.8 Å². The zero-order chi connectivity index (χ0) is 15.0. The Morgan fingerprint density at radius 2 is 2.29 bits per heavy atom. The molecule has 2 atom stereocenters. The number of amides is 1. The average Bonchev–Trinajstić information content (AvgIpc) is 3.07. The lowest BCUT2D eigenvalue weighted by atomic mass is 10.1. The molecule has 1 aliphatic rings. The second-order valence-corrected chi connectivity index (χ2v) is 6.10. The first-order valence-electron chi connectivity index (χ1n) is 6.64. The van der Waals surface area contributed by atoms with Gasteiger partial charge in [0, 0.05) is 23.6 Å². The third-order valence-corrected chi connectivity index (χ3v) is 4.21. The van der Waals surface area contributed by atoms with Gasteiger partial charge in [0.1, 0.15) is 0 Å². The lowest BCUT2D eigenvalue weighted by Crippen LogP contribution is -2.26. The summed E-state index contributed by atoms with van der Waals surface area (Å²) in [5, 5.41) is 11.7. The van der Waals surface area contributed by atoms with E-state index in [1.54, 1.807) is 19.3 Å². The van der Waals surface area contributed by atoms with Crippen molar-refractivity contribution >= 4 is 29.1 Å². The zero-order valence-corrected chi connectivity index (χ0v) is 12.9. The Kier molecular flexibility index (Phi) is 3.87. The molecule has 1 N–H and O–H groups in total. The fourth-order valence-corrected chi connectivity index (χ4v) is 2.97. The van der Waals surface area contributed by atoms with Crippen LogP contribution < -0.4 is 5.32 Å². The van der Waals surface area contributed by atoms with Crippen molar-refractivity contribution < 1.29 is 4.79 Å². The number of hydrogen-bond donors (Lipinski definition) is 1. The molecule has 0 unspecified atom stereocenters. The van der Waals surface area contributed by atoms with E-state index in [1.165, 1.54) is 4.68 Å². The van der Waals surface area contributed by atoms with Gasteiger partial charge in [0.25, 0.3) is 5.91 Å². The van der Waals surface area contributed by atoms with Gasteiger partial charge < -0.3 is 5.32 Å². The molecule has 110 valence electrons. The molecule has 1 saturated carbocycles. The number of rotatable bonds is 4. The quantitative estimate of drug-likeness (QED) is 0.940. The number of halogens is 2. The Labute approximate surface area is 132 Å². The molecule has 0 bridgehead atoms. The van der Waals surface area contributed by atoms with E-state index in [-0.39, 0.29) is 5.91 Å². The fourth-order valence-electron chi connectivity index (χ4n) is 2.42. The minimum atomic E-state index is -0.198. The summed E-state index contributed by atoms with van der Waals surface area (Å²) in [6.07, 6.45) is 2.61. The van der Waals surface area contributed by atoms with Crippen molar-refractivity contribution in [2.75, 3.05) is 6.54 Å². The molecule has 0 saturated heterocycles. The van der Waals surface area contributed by atoms with Crippen LogP contribution in [0.2, 0.25) is 10.0 Å². The largest absolute Gasteiger partial charge is 0.350 e. The van der Waals surface area contributed by atoms with E-state index in [9.17, 15) is 4.79 Å². The van der Waals surface area contributed by atoms with Crippen LogP contribution in [0.15, 0.2) is 24.4 Å². The van der Waals surface area contributed by atoms with E-state index in [2.05, 4.69) is 15.6 Å². The molecule has 1 aromatic carbocycles. The van der Waals surface area contributed by atoms with Gasteiger partial charge in [-0.05, 0) is 36.0 Å². The molecule has 1 amide bonds. The Bertz CT molecular complexity index is 685. The van der Waals surface area contributed by atoms with Gasteiger partial charge in [-0.2, -0.15) is 0 Å². The first-order valence-corrected chi connectivity index (χ1v) is 7.39. The summed E-state index contributed by atoms with van der Waals surface area (Å²) in [6, 6.07) is 5.56. The summed E-state index contributed by atoms with van der Waals surface area (Å²) in [5.74, 6) is 0.595. The van der Waals surface area contributed by atoms with Gasteiger partial charge in [-0.15, -0.1) is 5.10 Å². The molecule has 0 aliphatic heterocycles. The molecule has 5 nitrogen and oxygen atoms in total. The van der Waals surface area contributed by atoms with E-state index in [0.29, 0.717) is 34.1 Å². The Balaban J connectivity index is 1.55. The van der Waals surface area contributed by atoms with Crippen LogP contribution in [0.1, 0.15) is 28.4 Å². The second-order valence-electron chi connectivity index (χ2n) is 5.26. The zero-order valence-electron chi connectivity index (χ0n) is 11.4. The van der Waals surface area contributed by atoms with Gasteiger partial charge in [0.15, 0.2) is 5.69 Å². The molecule has 1 fully saturated rings. The third-order valence-electron chi connectivity index (χ3n) is 3.64. The highest BCUT2D eigenvalue weighted by atomic mass is 35.5. The number of benzene rings is 1. The van der Waals surface area contributed by atoms with Crippen LogP contribution in [-0.4, -0.2) is 27.4 Å². The third kappa shape index (κ3) is 3.19. The summed E-state index contributed by atoms with van der Waals surface area (Å²) >= 11 is 12.1. The molecular formula is C14H14Cl2N4O. The molecule has 1 aromatic heterocycles. The summed E-state index contributed by atoms with van der Waals surface area (Å²) in [5.41, 5.74) is 1.43. The van der Waals surface area contributed by atoms with Crippen LogP contribution in [0.5, 0.6) is 0 Å².